The number of nitrogens with zero attached hydrogens (tertiary/aromatic N) is 2. The van der Waals surface area contributed by atoms with Crippen LogP contribution in [0.2, 0.25) is 0 Å². The largest absolute Gasteiger partial charge is 0.477 e. The normalized spacial score (nSPS) is 11.5. The SMILES string of the molecule is Cc1nc(N(C)C(C)(C)C)sc1C(=O)O. The maximum atomic E-state index is 10.9. The lowest BCUT2D eigenvalue weighted by molar-refractivity contribution is 0.0701. The number of carboxylic acid groups (broad SMARTS) is 1. The van der Waals surface area contributed by atoms with Crippen LogP contribution in [0.3, 0.4) is 0 Å². The van der Waals surface area contributed by atoms with E-state index in [9.17, 15) is 4.79 Å². The molecule has 0 aliphatic heterocycles. The van der Waals surface area contributed by atoms with Gasteiger partial charge in [-0.2, -0.15) is 0 Å². The molecule has 0 fully saturated rings. The van der Waals surface area contributed by atoms with Gasteiger partial charge in [-0.25, -0.2) is 9.78 Å². The molecular weight excluding hydrogens is 212 g/mol. The fourth-order valence-electron chi connectivity index (χ4n) is 1.01. The van der Waals surface area contributed by atoms with E-state index < -0.39 is 5.97 Å². The molecule has 0 amide bonds. The molecule has 84 valence electrons. The number of aromatic nitrogens is 1. The summed E-state index contributed by atoms with van der Waals surface area (Å²) in [5.74, 6) is -0.904. The summed E-state index contributed by atoms with van der Waals surface area (Å²) in [6.45, 7) is 7.90. The summed E-state index contributed by atoms with van der Waals surface area (Å²) in [6, 6.07) is 0. The molecule has 0 saturated carbocycles. The van der Waals surface area contributed by atoms with E-state index in [1.165, 1.54) is 11.3 Å². The van der Waals surface area contributed by atoms with Crippen LogP contribution in [0.5, 0.6) is 0 Å². The average molecular weight is 228 g/mol. The number of carboxylic acids is 1. The van der Waals surface area contributed by atoms with E-state index in [4.69, 9.17) is 5.11 Å². The summed E-state index contributed by atoms with van der Waals surface area (Å²) in [5.41, 5.74) is 0.527. The predicted octanol–water partition coefficient (Wildman–Crippen LogP) is 2.38. The third-order valence-corrected chi connectivity index (χ3v) is 3.49. The molecule has 0 atom stereocenters. The van der Waals surface area contributed by atoms with Crippen LogP contribution in [0.4, 0.5) is 5.13 Å². The van der Waals surface area contributed by atoms with Crippen molar-refractivity contribution in [2.24, 2.45) is 0 Å². The molecule has 0 spiro atoms. The van der Waals surface area contributed by atoms with Crippen LogP contribution in [0, 0.1) is 6.92 Å². The Balaban J connectivity index is 3.08. The molecular formula is C10H16N2O2S. The lowest BCUT2D eigenvalue weighted by Gasteiger charge is -2.31. The number of hydrogen-bond acceptors (Lipinski definition) is 4. The van der Waals surface area contributed by atoms with Gasteiger partial charge in [0.25, 0.3) is 0 Å². The highest BCUT2D eigenvalue weighted by Crippen LogP contribution is 2.29. The quantitative estimate of drug-likeness (QED) is 0.844. The van der Waals surface area contributed by atoms with E-state index in [0.717, 1.165) is 5.13 Å². The number of aryl methyl sites for hydroxylation is 1. The monoisotopic (exact) mass is 228 g/mol. The molecule has 4 nitrogen and oxygen atoms in total. The number of rotatable bonds is 2. The van der Waals surface area contributed by atoms with Gasteiger partial charge in [0.15, 0.2) is 5.13 Å². The molecule has 0 radical (unpaired) electrons. The van der Waals surface area contributed by atoms with Crippen LogP contribution in [0.15, 0.2) is 0 Å². The number of carbonyl (C=O) groups is 1. The Morgan fingerprint density at radius 2 is 2.00 bits per heavy atom. The molecule has 0 aromatic carbocycles. The van der Waals surface area contributed by atoms with Gasteiger partial charge in [-0.15, -0.1) is 0 Å². The smallest absolute Gasteiger partial charge is 0.347 e. The number of hydrogen-bond donors (Lipinski definition) is 1. The Labute approximate surface area is 93.6 Å². The van der Waals surface area contributed by atoms with Gasteiger partial charge in [-0.1, -0.05) is 11.3 Å². The van der Waals surface area contributed by atoms with Gasteiger partial charge in [-0.05, 0) is 27.7 Å². The van der Waals surface area contributed by atoms with E-state index >= 15 is 0 Å². The summed E-state index contributed by atoms with van der Waals surface area (Å²) >= 11 is 1.22. The van der Waals surface area contributed by atoms with Gasteiger partial charge >= 0.3 is 5.97 Å². The highest BCUT2D eigenvalue weighted by molar-refractivity contribution is 7.17. The highest BCUT2D eigenvalue weighted by Gasteiger charge is 2.23. The Bertz CT molecular complexity index is 379. The van der Waals surface area contributed by atoms with Crippen LogP contribution in [0.1, 0.15) is 36.1 Å². The lowest BCUT2D eigenvalue weighted by atomic mass is 10.1. The molecule has 0 bridgehead atoms. The van der Waals surface area contributed by atoms with Gasteiger partial charge in [0.2, 0.25) is 0 Å². The highest BCUT2D eigenvalue weighted by atomic mass is 32.1. The van der Waals surface area contributed by atoms with Crippen molar-refractivity contribution in [3.63, 3.8) is 0 Å². The van der Waals surface area contributed by atoms with Gasteiger partial charge in [0.1, 0.15) is 4.88 Å². The molecule has 1 heterocycles. The summed E-state index contributed by atoms with van der Waals surface area (Å²) in [7, 11) is 1.92. The first-order chi connectivity index (χ1) is 6.73. The first-order valence-electron chi connectivity index (χ1n) is 4.68. The molecule has 0 aliphatic carbocycles. The summed E-state index contributed by atoms with van der Waals surface area (Å²) in [6.07, 6.45) is 0. The minimum Gasteiger partial charge on any atom is -0.477 e. The van der Waals surface area contributed by atoms with Gasteiger partial charge in [0, 0.05) is 12.6 Å². The molecule has 1 rings (SSSR count). The summed E-state index contributed by atoms with van der Waals surface area (Å²) < 4.78 is 0. The fraction of sp³-hybridized carbons (Fsp3) is 0.600. The first kappa shape index (κ1) is 12.0. The standard InChI is InChI=1S/C10H16N2O2S/c1-6-7(8(13)14)15-9(11-6)12(5)10(2,3)4/h1-5H3,(H,13,14). The zero-order chi connectivity index (χ0) is 11.8. The van der Waals surface area contributed by atoms with Crippen LogP contribution in [-0.2, 0) is 0 Å². The fourth-order valence-corrected chi connectivity index (χ4v) is 2.07. The molecule has 0 aliphatic rings. The van der Waals surface area contributed by atoms with E-state index in [-0.39, 0.29) is 5.54 Å². The Morgan fingerprint density at radius 1 is 1.47 bits per heavy atom. The molecule has 0 saturated heterocycles. The zero-order valence-electron chi connectivity index (χ0n) is 9.66. The molecule has 5 heteroatoms. The number of thiazole rings is 1. The second-order valence-electron chi connectivity index (χ2n) is 4.45. The predicted molar refractivity (Wildman–Crippen MR) is 62.0 cm³/mol. The van der Waals surface area contributed by atoms with Crippen molar-refractivity contribution in [1.82, 2.24) is 4.98 Å². The maximum absolute atomic E-state index is 10.9. The summed E-state index contributed by atoms with van der Waals surface area (Å²) in [5, 5.41) is 9.66. The maximum Gasteiger partial charge on any atom is 0.347 e. The van der Waals surface area contributed by atoms with Crippen LogP contribution < -0.4 is 4.90 Å². The van der Waals surface area contributed by atoms with Gasteiger partial charge in [-0.3, -0.25) is 0 Å². The van der Waals surface area contributed by atoms with Crippen molar-refractivity contribution in [1.29, 1.82) is 0 Å². The molecule has 1 N–H and O–H groups in total. The third-order valence-electron chi connectivity index (χ3n) is 2.27. The van der Waals surface area contributed by atoms with Crippen molar-refractivity contribution in [2.45, 2.75) is 33.2 Å². The minimum absolute atomic E-state index is 0.0555. The van der Waals surface area contributed by atoms with Crippen molar-refractivity contribution >= 4 is 22.4 Å². The molecule has 1 aromatic rings. The Kier molecular flexibility index (Phi) is 3.04. The minimum atomic E-state index is -0.904. The lowest BCUT2D eigenvalue weighted by Crippen LogP contribution is -2.37. The zero-order valence-corrected chi connectivity index (χ0v) is 10.5. The van der Waals surface area contributed by atoms with E-state index in [1.54, 1.807) is 6.92 Å². The molecule has 15 heavy (non-hydrogen) atoms. The van der Waals surface area contributed by atoms with Gasteiger partial charge < -0.3 is 10.0 Å². The van der Waals surface area contributed by atoms with E-state index in [0.29, 0.717) is 10.6 Å². The van der Waals surface area contributed by atoms with Crippen molar-refractivity contribution in [3.05, 3.63) is 10.6 Å². The van der Waals surface area contributed by atoms with Crippen LogP contribution in [-0.4, -0.2) is 28.6 Å². The molecule has 0 unspecified atom stereocenters. The van der Waals surface area contributed by atoms with Crippen LogP contribution >= 0.6 is 11.3 Å². The Morgan fingerprint density at radius 3 is 2.33 bits per heavy atom. The van der Waals surface area contributed by atoms with Crippen molar-refractivity contribution < 1.29 is 9.90 Å². The van der Waals surface area contributed by atoms with E-state index in [1.807, 2.05) is 11.9 Å². The number of anilines is 1. The van der Waals surface area contributed by atoms with E-state index in [2.05, 4.69) is 25.8 Å². The first-order valence-corrected chi connectivity index (χ1v) is 5.49. The van der Waals surface area contributed by atoms with Crippen molar-refractivity contribution in [3.8, 4) is 0 Å². The third kappa shape index (κ3) is 2.47. The summed E-state index contributed by atoms with van der Waals surface area (Å²) in [4.78, 5) is 17.4. The van der Waals surface area contributed by atoms with Gasteiger partial charge in [0.05, 0.1) is 5.69 Å². The number of aromatic carboxylic acids is 1. The van der Waals surface area contributed by atoms with Crippen LogP contribution in [0.25, 0.3) is 0 Å². The average Bonchev–Trinajstić information content (AvgIpc) is 2.44. The Hall–Kier alpha value is -1.10. The second kappa shape index (κ2) is 3.81. The van der Waals surface area contributed by atoms with Crippen molar-refractivity contribution in [2.75, 3.05) is 11.9 Å². The molecule has 1 aromatic heterocycles. The topological polar surface area (TPSA) is 53.4 Å². The second-order valence-corrected chi connectivity index (χ2v) is 5.42.